The minimum absolute atomic E-state index is 0.0358. The predicted octanol–water partition coefficient (Wildman–Crippen LogP) is 3.65. The van der Waals surface area contributed by atoms with Gasteiger partial charge in [-0.1, -0.05) is 18.0 Å². The first-order chi connectivity index (χ1) is 11.3. The maximum absolute atomic E-state index is 14.2. The normalized spacial score (nSPS) is 25.7. The van der Waals surface area contributed by atoms with E-state index in [4.69, 9.17) is 11.6 Å². The van der Waals surface area contributed by atoms with Crippen molar-refractivity contribution in [1.82, 2.24) is 4.90 Å². The van der Waals surface area contributed by atoms with Crippen molar-refractivity contribution in [1.29, 1.82) is 0 Å². The third kappa shape index (κ3) is 2.51. The SMILES string of the molecule is Cc1c(Cl)cc(F)c(NC(=O)N2C[C@@H]3CCC[C@@]3(C(=O)O)C2)c1F. The molecule has 2 N–H and O–H groups in total. The Kier molecular flexibility index (Phi) is 4.15. The molecule has 1 heterocycles. The van der Waals surface area contributed by atoms with Crippen LogP contribution in [0, 0.1) is 29.9 Å². The van der Waals surface area contributed by atoms with Crippen molar-refractivity contribution in [2.24, 2.45) is 11.3 Å². The number of nitrogens with zero attached hydrogens (tertiary/aromatic N) is 1. The molecule has 0 spiro atoms. The van der Waals surface area contributed by atoms with Crippen molar-refractivity contribution >= 4 is 29.3 Å². The molecular formula is C16H17ClF2N2O3. The average molecular weight is 359 g/mol. The van der Waals surface area contributed by atoms with Gasteiger partial charge in [0, 0.05) is 23.7 Å². The fourth-order valence-corrected chi connectivity index (χ4v) is 3.96. The molecule has 1 saturated heterocycles. The van der Waals surface area contributed by atoms with E-state index in [1.54, 1.807) is 0 Å². The van der Waals surface area contributed by atoms with Crippen LogP contribution in [-0.4, -0.2) is 35.1 Å². The Bertz CT molecular complexity index is 728. The van der Waals surface area contributed by atoms with Crippen LogP contribution >= 0.6 is 11.6 Å². The number of anilines is 1. The quantitative estimate of drug-likeness (QED) is 0.848. The second kappa shape index (κ2) is 5.88. The molecule has 0 unspecified atom stereocenters. The highest BCUT2D eigenvalue weighted by molar-refractivity contribution is 6.31. The predicted molar refractivity (Wildman–Crippen MR) is 84.1 cm³/mol. The highest BCUT2D eigenvalue weighted by Gasteiger charge is 2.55. The van der Waals surface area contributed by atoms with Crippen molar-refractivity contribution < 1.29 is 23.5 Å². The van der Waals surface area contributed by atoms with Gasteiger partial charge in [-0.05, 0) is 31.7 Å². The Morgan fingerprint density at radius 1 is 1.46 bits per heavy atom. The minimum atomic E-state index is -0.969. The van der Waals surface area contributed by atoms with Gasteiger partial charge < -0.3 is 15.3 Å². The van der Waals surface area contributed by atoms with Gasteiger partial charge >= 0.3 is 12.0 Å². The first-order valence-electron chi connectivity index (χ1n) is 7.69. The second-order valence-electron chi connectivity index (χ2n) is 6.52. The van der Waals surface area contributed by atoms with Crippen molar-refractivity contribution in [2.45, 2.75) is 26.2 Å². The molecule has 2 atom stereocenters. The van der Waals surface area contributed by atoms with Crippen LogP contribution in [0.4, 0.5) is 19.3 Å². The third-order valence-electron chi connectivity index (χ3n) is 5.22. The van der Waals surface area contributed by atoms with Gasteiger partial charge in [-0.15, -0.1) is 0 Å². The molecule has 2 amide bonds. The maximum atomic E-state index is 14.2. The van der Waals surface area contributed by atoms with Crippen LogP contribution in [0.2, 0.25) is 5.02 Å². The van der Waals surface area contributed by atoms with E-state index in [9.17, 15) is 23.5 Å². The molecule has 8 heteroatoms. The van der Waals surface area contributed by atoms with Crippen LogP contribution in [0.1, 0.15) is 24.8 Å². The number of carboxylic acids is 1. The van der Waals surface area contributed by atoms with Gasteiger partial charge in [0.15, 0.2) is 11.6 Å². The van der Waals surface area contributed by atoms with Crippen LogP contribution in [0.3, 0.4) is 0 Å². The van der Waals surface area contributed by atoms with E-state index in [0.717, 1.165) is 18.9 Å². The van der Waals surface area contributed by atoms with Gasteiger partial charge in [-0.25, -0.2) is 13.6 Å². The lowest BCUT2D eigenvalue weighted by molar-refractivity contribution is -0.149. The standard InChI is InChI=1S/C16H17ClF2N2O3/c1-8-10(17)5-11(18)13(12(8)19)20-15(24)21-6-9-3-2-4-16(9,7-21)14(22)23/h5,9H,2-4,6-7H2,1H3,(H,20,24)(H,22,23)/t9-,16+/m0/s1. The Balaban J connectivity index is 1.80. The van der Waals surface area contributed by atoms with Crippen molar-refractivity contribution in [2.75, 3.05) is 18.4 Å². The molecule has 130 valence electrons. The topological polar surface area (TPSA) is 69.6 Å². The fraction of sp³-hybridized carbons (Fsp3) is 0.500. The second-order valence-corrected chi connectivity index (χ2v) is 6.92. The van der Waals surface area contributed by atoms with Crippen molar-refractivity contribution in [3.05, 3.63) is 28.3 Å². The average Bonchev–Trinajstić information content (AvgIpc) is 3.07. The zero-order valence-corrected chi connectivity index (χ0v) is 13.8. The third-order valence-corrected chi connectivity index (χ3v) is 5.61. The molecule has 0 bridgehead atoms. The minimum Gasteiger partial charge on any atom is -0.481 e. The van der Waals surface area contributed by atoms with E-state index in [2.05, 4.69) is 5.32 Å². The van der Waals surface area contributed by atoms with E-state index in [1.165, 1.54) is 11.8 Å². The molecule has 1 aromatic rings. The Labute approximate surface area is 142 Å². The van der Waals surface area contributed by atoms with Crippen molar-refractivity contribution in [3.8, 4) is 0 Å². The highest BCUT2D eigenvalue weighted by Crippen LogP contribution is 2.49. The summed E-state index contributed by atoms with van der Waals surface area (Å²) < 4.78 is 28.1. The van der Waals surface area contributed by atoms with Crippen LogP contribution in [0.25, 0.3) is 0 Å². The summed E-state index contributed by atoms with van der Waals surface area (Å²) in [5.41, 5.74) is -1.47. The monoisotopic (exact) mass is 358 g/mol. The molecular weight excluding hydrogens is 342 g/mol. The summed E-state index contributed by atoms with van der Waals surface area (Å²) in [6.45, 7) is 1.70. The summed E-state index contributed by atoms with van der Waals surface area (Å²) >= 11 is 5.70. The van der Waals surface area contributed by atoms with Crippen LogP contribution in [0.5, 0.6) is 0 Å². The number of benzene rings is 1. The van der Waals surface area contributed by atoms with E-state index in [1.807, 2.05) is 0 Å². The molecule has 0 aromatic heterocycles. The van der Waals surface area contributed by atoms with Crippen molar-refractivity contribution in [3.63, 3.8) is 0 Å². The summed E-state index contributed by atoms with van der Waals surface area (Å²) in [5.74, 6) is -2.94. The fourth-order valence-electron chi connectivity index (χ4n) is 3.78. The lowest BCUT2D eigenvalue weighted by Crippen LogP contribution is -2.39. The summed E-state index contributed by atoms with van der Waals surface area (Å²) in [4.78, 5) is 25.3. The summed E-state index contributed by atoms with van der Waals surface area (Å²) in [6.07, 6.45) is 2.06. The number of rotatable bonds is 2. The van der Waals surface area contributed by atoms with Crippen LogP contribution in [0.15, 0.2) is 6.07 Å². The molecule has 2 aliphatic rings. The lowest BCUT2D eigenvalue weighted by Gasteiger charge is -2.23. The van der Waals surface area contributed by atoms with Gasteiger partial charge in [-0.2, -0.15) is 0 Å². The first kappa shape index (κ1) is 17.0. The molecule has 2 fully saturated rings. The number of likely N-dealkylation sites (tertiary alicyclic amines) is 1. The van der Waals surface area contributed by atoms with Gasteiger partial charge in [0.05, 0.1) is 5.41 Å². The number of hydrogen-bond donors (Lipinski definition) is 2. The molecule has 1 aromatic carbocycles. The van der Waals surface area contributed by atoms with E-state index in [-0.39, 0.29) is 29.6 Å². The van der Waals surface area contributed by atoms with E-state index >= 15 is 0 Å². The van der Waals surface area contributed by atoms with Gasteiger partial charge in [-0.3, -0.25) is 4.79 Å². The molecule has 1 aliphatic heterocycles. The number of fused-ring (bicyclic) bond motifs is 1. The maximum Gasteiger partial charge on any atom is 0.322 e. The largest absolute Gasteiger partial charge is 0.481 e. The first-order valence-corrected chi connectivity index (χ1v) is 8.07. The number of halogens is 3. The van der Waals surface area contributed by atoms with E-state index in [0.29, 0.717) is 6.42 Å². The number of carbonyl (C=O) groups is 2. The Morgan fingerprint density at radius 3 is 2.79 bits per heavy atom. The lowest BCUT2D eigenvalue weighted by atomic mass is 9.81. The highest BCUT2D eigenvalue weighted by atomic mass is 35.5. The zero-order chi connectivity index (χ0) is 17.6. The summed E-state index contributed by atoms with van der Waals surface area (Å²) in [7, 11) is 0. The smallest absolute Gasteiger partial charge is 0.322 e. The Hall–Kier alpha value is -1.89. The number of aliphatic carboxylic acids is 1. The van der Waals surface area contributed by atoms with Crippen LogP contribution < -0.4 is 5.32 Å². The van der Waals surface area contributed by atoms with Gasteiger partial charge in [0.1, 0.15) is 5.69 Å². The number of carbonyl (C=O) groups excluding carboxylic acids is 1. The molecule has 1 saturated carbocycles. The number of carboxylic acid groups (broad SMARTS) is 1. The summed E-state index contributed by atoms with van der Waals surface area (Å²) in [6, 6.07) is 0.233. The molecule has 1 aliphatic carbocycles. The van der Waals surface area contributed by atoms with Gasteiger partial charge in [0.25, 0.3) is 0 Å². The van der Waals surface area contributed by atoms with E-state index < -0.39 is 34.7 Å². The molecule has 3 rings (SSSR count). The van der Waals surface area contributed by atoms with Gasteiger partial charge in [0.2, 0.25) is 0 Å². The zero-order valence-electron chi connectivity index (χ0n) is 13.0. The Morgan fingerprint density at radius 2 is 2.17 bits per heavy atom. The van der Waals surface area contributed by atoms with Crippen LogP contribution in [-0.2, 0) is 4.79 Å². The number of urea groups is 1. The molecule has 0 radical (unpaired) electrons. The summed E-state index contributed by atoms with van der Waals surface area (Å²) in [5, 5.41) is 11.7. The molecule has 5 nitrogen and oxygen atoms in total. The number of amides is 2. The number of nitrogens with one attached hydrogen (secondary N) is 1. The number of hydrogen-bond acceptors (Lipinski definition) is 2. The molecule has 24 heavy (non-hydrogen) atoms.